The number of rotatable bonds is 6. The van der Waals surface area contributed by atoms with Gasteiger partial charge in [0.2, 0.25) is 0 Å². The third kappa shape index (κ3) is 2.80. The summed E-state index contributed by atoms with van der Waals surface area (Å²) < 4.78 is 5.22. The van der Waals surface area contributed by atoms with Crippen molar-refractivity contribution in [2.45, 2.75) is 44.6 Å². The zero-order valence-electron chi connectivity index (χ0n) is 12.1. The van der Waals surface area contributed by atoms with E-state index in [4.69, 9.17) is 4.42 Å². The molecular weight excluding hydrogens is 246 g/mol. The van der Waals surface area contributed by atoms with Crippen LogP contribution in [0.3, 0.4) is 0 Å². The van der Waals surface area contributed by atoms with E-state index in [1.165, 1.54) is 30.4 Å². The summed E-state index contributed by atoms with van der Waals surface area (Å²) in [6, 6.07) is 11.5. The molecule has 2 aromatic rings. The van der Waals surface area contributed by atoms with Crippen LogP contribution in [0.2, 0.25) is 0 Å². The Labute approximate surface area is 121 Å². The Bertz CT molecular complexity index is 532. The minimum absolute atomic E-state index is 0.510. The summed E-state index contributed by atoms with van der Waals surface area (Å²) in [7, 11) is 0. The smallest absolute Gasteiger partial charge is 0.0935 e. The summed E-state index contributed by atoms with van der Waals surface area (Å²) >= 11 is 0. The van der Waals surface area contributed by atoms with Crippen LogP contribution in [-0.4, -0.2) is 12.6 Å². The summed E-state index contributed by atoms with van der Waals surface area (Å²) in [6.45, 7) is 3.31. The first-order valence-electron chi connectivity index (χ1n) is 7.70. The van der Waals surface area contributed by atoms with Crippen molar-refractivity contribution < 1.29 is 4.42 Å². The topological polar surface area (TPSA) is 25.2 Å². The van der Waals surface area contributed by atoms with Crippen molar-refractivity contribution >= 4 is 0 Å². The van der Waals surface area contributed by atoms with Gasteiger partial charge in [-0.3, -0.25) is 0 Å². The lowest BCUT2D eigenvalue weighted by Gasteiger charge is -2.25. The monoisotopic (exact) mass is 269 g/mol. The van der Waals surface area contributed by atoms with Crippen LogP contribution in [0.15, 0.2) is 47.3 Å². The molecule has 2 atom stereocenters. The average molecular weight is 269 g/mol. The standard InChI is InChI=1S/C18H23NO/c1-2-10-19-18(12-14-9-11-20-13-14)17-8-7-15-5-3-4-6-16(15)17/h3-6,9,11,13,17-19H,2,7-8,10,12H2,1H3. The highest BCUT2D eigenvalue weighted by molar-refractivity contribution is 5.36. The molecule has 0 amide bonds. The molecule has 2 heteroatoms. The molecule has 3 rings (SSSR count). The molecule has 0 spiro atoms. The molecule has 1 heterocycles. The van der Waals surface area contributed by atoms with Crippen molar-refractivity contribution in [3.63, 3.8) is 0 Å². The van der Waals surface area contributed by atoms with Gasteiger partial charge in [0, 0.05) is 12.0 Å². The molecule has 1 N–H and O–H groups in total. The van der Waals surface area contributed by atoms with Crippen LogP contribution in [0, 0.1) is 0 Å². The zero-order chi connectivity index (χ0) is 13.8. The number of furan rings is 1. The van der Waals surface area contributed by atoms with E-state index in [0.717, 1.165) is 13.0 Å². The largest absolute Gasteiger partial charge is 0.472 e. The van der Waals surface area contributed by atoms with Crippen LogP contribution in [0.4, 0.5) is 0 Å². The Morgan fingerprint density at radius 2 is 2.20 bits per heavy atom. The van der Waals surface area contributed by atoms with Crippen LogP contribution in [0.5, 0.6) is 0 Å². The Morgan fingerprint density at radius 1 is 1.30 bits per heavy atom. The Morgan fingerprint density at radius 3 is 3.00 bits per heavy atom. The lowest BCUT2D eigenvalue weighted by atomic mass is 9.89. The van der Waals surface area contributed by atoms with Gasteiger partial charge in [0.05, 0.1) is 12.5 Å². The number of hydrogen-bond acceptors (Lipinski definition) is 2. The number of aryl methyl sites for hydroxylation is 1. The van der Waals surface area contributed by atoms with Crippen LogP contribution >= 0.6 is 0 Å². The fourth-order valence-electron chi connectivity index (χ4n) is 3.36. The first kappa shape index (κ1) is 13.4. The summed E-state index contributed by atoms with van der Waals surface area (Å²) in [6.07, 6.45) is 8.36. The first-order valence-corrected chi connectivity index (χ1v) is 7.70. The van der Waals surface area contributed by atoms with Crippen LogP contribution in [-0.2, 0) is 12.8 Å². The molecule has 1 aromatic heterocycles. The molecule has 0 saturated carbocycles. The highest BCUT2D eigenvalue weighted by Crippen LogP contribution is 2.36. The van der Waals surface area contributed by atoms with Crippen molar-refractivity contribution in [1.82, 2.24) is 5.32 Å². The van der Waals surface area contributed by atoms with Gasteiger partial charge in [0.15, 0.2) is 0 Å². The highest BCUT2D eigenvalue weighted by Gasteiger charge is 2.29. The van der Waals surface area contributed by atoms with E-state index in [9.17, 15) is 0 Å². The fourth-order valence-corrected chi connectivity index (χ4v) is 3.36. The lowest BCUT2D eigenvalue weighted by Crippen LogP contribution is -2.36. The van der Waals surface area contributed by atoms with Crippen LogP contribution in [0.25, 0.3) is 0 Å². The maximum atomic E-state index is 5.22. The summed E-state index contributed by atoms with van der Waals surface area (Å²) in [4.78, 5) is 0. The Balaban J connectivity index is 1.79. The van der Waals surface area contributed by atoms with E-state index >= 15 is 0 Å². The van der Waals surface area contributed by atoms with Crippen molar-refractivity contribution in [1.29, 1.82) is 0 Å². The molecule has 0 aliphatic heterocycles. The van der Waals surface area contributed by atoms with Gasteiger partial charge >= 0.3 is 0 Å². The van der Waals surface area contributed by atoms with Crippen molar-refractivity contribution in [3.05, 3.63) is 59.5 Å². The molecule has 1 aromatic carbocycles. The van der Waals surface area contributed by atoms with E-state index in [1.807, 2.05) is 6.26 Å². The van der Waals surface area contributed by atoms with Crippen LogP contribution < -0.4 is 5.32 Å². The van der Waals surface area contributed by atoms with Gasteiger partial charge in [0.1, 0.15) is 0 Å². The Hall–Kier alpha value is -1.54. The number of fused-ring (bicyclic) bond motifs is 1. The SMILES string of the molecule is CCCNC(Cc1ccoc1)C1CCc2ccccc21. The molecule has 1 aliphatic carbocycles. The van der Waals surface area contributed by atoms with E-state index in [0.29, 0.717) is 12.0 Å². The number of nitrogens with one attached hydrogen (secondary N) is 1. The molecule has 2 nitrogen and oxygen atoms in total. The van der Waals surface area contributed by atoms with Gasteiger partial charge in [0.25, 0.3) is 0 Å². The average Bonchev–Trinajstić information content (AvgIpc) is 3.12. The van der Waals surface area contributed by atoms with Crippen molar-refractivity contribution in [2.24, 2.45) is 0 Å². The van der Waals surface area contributed by atoms with Crippen molar-refractivity contribution in [3.8, 4) is 0 Å². The van der Waals surface area contributed by atoms with Gasteiger partial charge in [-0.1, -0.05) is 31.2 Å². The number of hydrogen-bond donors (Lipinski definition) is 1. The molecule has 0 bridgehead atoms. The van der Waals surface area contributed by atoms with E-state index in [-0.39, 0.29) is 0 Å². The van der Waals surface area contributed by atoms with E-state index in [1.54, 1.807) is 11.8 Å². The van der Waals surface area contributed by atoms with Crippen molar-refractivity contribution in [2.75, 3.05) is 6.54 Å². The normalized spacial score (nSPS) is 18.9. The summed E-state index contributed by atoms with van der Waals surface area (Å²) in [5, 5.41) is 3.75. The van der Waals surface area contributed by atoms with E-state index < -0.39 is 0 Å². The number of benzene rings is 1. The molecule has 106 valence electrons. The van der Waals surface area contributed by atoms with E-state index in [2.05, 4.69) is 42.6 Å². The maximum Gasteiger partial charge on any atom is 0.0935 e. The second kappa shape index (κ2) is 6.27. The maximum absolute atomic E-state index is 5.22. The predicted molar refractivity (Wildman–Crippen MR) is 82.0 cm³/mol. The summed E-state index contributed by atoms with van der Waals surface area (Å²) in [5.41, 5.74) is 4.38. The molecule has 0 radical (unpaired) electrons. The predicted octanol–water partition coefficient (Wildman–Crippen LogP) is 3.92. The van der Waals surface area contributed by atoms with Gasteiger partial charge in [-0.25, -0.2) is 0 Å². The molecule has 1 aliphatic rings. The van der Waals surface area contributed by atoms with Gasteiger partial charge in [-0.15, -0.1) is 0 Å². The molecule has 0 fully saturated rings. The van der Waals surface area contributed by atoms with Crippen LogP contribution in [0.1, 0.15) is 42.4 Å². The molecule has 2 unspecified atom stereocenters. The third-order valence-electron chi connectivity index (χ3n) is 4.36. The quantitative estimate of drug-likeness (QED) is 0.860. The highest BCUT2D eigenvalue weighted by atomic mass is 16.3. The fraction of sp³-hybridized carbons (Fsp3) is 0.444. The zero-order valence-corrected chi connectivity index (χ0v) is 12.1. The van der Waals surface area contributed by atoms with Gasteiger partial charge in [-0.2, -0.15) is 0 Å². The lowest BCUT2D eigenvalue weighted by molar-refractivity contribution is 0.424. The minimum Gasteiger partial charge on any atom is -0.472 e. The first-order chi connectivity index (χ1) is 9.88. The Kier molecular flexibility index (Phi) is 4.22. The molecule has 0 saturated heterocycles. The van der Waals surface area contributed by atoms with Gasteiger partial charge in [-0.05, 0) is 55.0 Å². The third-order valence-corrected chi connectivity index (χ3v) is 4.36. The molecular formula is C18H23NO. The molecule has 20 heavy (non-hydrogen) atoms. The van der Waals surface area contributed by atoms with Gasteiger partial charge < -0.3 is 9.73 Å². The minimum atomic E-state index is 0.510. The second-order valence-corrected chi connectivity index (χ2v) is 5.74. The second-order valence-electron chi connectivity index (χ2n) is 5.74. The summed E-state index contributed by atoms with van der Waals surface area (Å²) in [5.74, 6) is 0.632.